The van der Waals surface area contributed by atoms with Gasteiger partial charge in [0.15, 0.2) is 17.3 Å². The molecule has 160 valence electrons. The van der Waals surface area contributed by atoms with Crippen LogP contribution in [0.25, 0.3) is 28.2 Å². The maximum absolute atomic E-state index is 13.5. The smallest absolute Gasteiger partial charge is 0.291 e. The molecule has 0 atom stereocenters. The van der Waals surface area contributed by atoms with Crippen molar-refractivity contribution < 1.29 is 13.2 Å². The van der Waals surface area contributed by atoms with E-state index in [-0.39, 0.29) is 49.9 Å². The van der Waals surface area contributed by atoms with E-state index in [1.807, 2.05) is 0 Å². The molecule has 0 saturated heterocycles. The third kappa shape index (κ3) is 3.77. The molecule has 0 aliphatic heterocycles. The molecule has 0 N–H and O–H groups in total. The van der Waals surface area contributed by atoms with Crippen molar-refractivity contribution in [2.24, 2.45) is 0 Å². The minimum absolute atomic E-state index is 0.0473. The zero-order valence-electron chi connectivity index (χ0n) is 15.6. The molecule has 3 heterocycles. The fraction of sp³-hybridized carbons (Fsp3) is 0.158. The molecule has 6 nitrogen and oxygen atoms in total. The van der Waals surface area contributed by atoms with E-state index in [1.165, 1.54) is 35.0 Å². The summed E-state index contributed by atoms with van der Waals surface area (Å²) >= 11 is 18.4. The molecule has 12 heteroatoms. The second kappa shape index (κ2) is 7.81. The van der Waals surface area contributed by atoms with Crippen LogP contribution in [0.5, 0.6) is 0 Å². The van der Waals surface area contributed by atoms with Gasteiger partial charge in [0.05, 0.1) is 20.9 Å². The van der Waals surface area contributed by atoms with Gasteiger partial charge in [0.1, 0.15) is 5.69 Å². The van der Waals surface area contributed by atoms with Crippen LogP contribution in [0.15, 0.2) is 41.3 Å². The number of alkyl halides is 3. The standard InChI is InChI=1S/C19H11Cl3F3N5O/c1-2-29-17(27-15-10(18(29)31)6-9(20)7-12(15)22)13-8-14(19(23,24)25)28-30(13)16-11(21)4-3-5-26-16/h3-8H,2H2,1H3. The summed E-state index contributed by atoms with van der Waals surface area (Å²) in [6.45, 7) is 1.77. The molecule has 0 bridgehead atoms. The van der Waals surface area contributed by atoms with E-state index < -0.39 is 17.4 Å². The molecular formula is C19H11Cl3F3N5O. The molecule has 0 saturated carbocycles. The summed E-state index contributed by atoms with van der Waals surface area (Å²) in [5.41, 5.74) is -1.73. The van der Waals surface area contributed by atoms with Crippen LogP contribution in [0.4, 0.5) is 13.2 Å². The number of rotatable bonds is 3. The van der Waals surface area contributed by atoms with E-state index in [4.69, 9.17) is 34.8 Å². The first-order valence-corrected chi connectivity index (χ1v) is 9.93. The highest BCUT2D eigenvalue weighted by Crippen LogP contribution is 2.34. The largest absolute Gasteiger partial charge is 0.435 e. The summed E-state index contributed by atoms with van der Waals surface area (Å²) in [5.74, 6) is -0.122. The Morgan fingerprint density at radius 3 is 2.48 bits per heavy atom. The maximum Gasteiger partial charge on any atom is 0.435 e. The first-order chi connectivity index (χ1) is 14.6. The van der Waals surface area contributed by atoms with Crippen molar-refractivity contribution in [3.8, 4) is 17.3 Å². The highest BCUT2D eigenvalue weighted by Gasteiger charge is 2.36. The van der Waals surface area contributed by atoms with Gasteiger partial charge in [-0.05, 0) is 31.2 Å². The molecule has 0 fully saturated rings. The lowest BCUT2D eigenvalue weighted by molar-refractivity contribution is -0.141. The fourth-order valence-corrected chi connectivity index (χ4v) is 3.85. The molecule has 0 aliphatic carbocycles. The summed E-state index contributed by atoms with van der Waals surface area (Å²) in [6.07, 6.45) is -3.39. The van der Waals surface area contributed by atoms with Gasteiger partial charge in [-0.3, -0.25) is 9.36 Å². The second-order valence-electron chi connectivity index (χ2n) is 6.40. The molecule has 31 heavy (non-hydrogen) atoms. The number of fused-ring (bicyclic) bond motifs is 1. The Balaban J connectivity index is 2.12. The first kappa shape index (κ1) is 21.6. The third-order valence-electron chi connectivity index (χ3n) is 4.46. The fourth-order valence-electron chi connectivity index (χ4n) is 3.11. The van der Waals surface area contributed by atoms with Crippen LogP contribution in [-0.2, 0) is 12.7 Å². The number of halogens is 6. The van der Waals surface area contributed by atoms with Gasteiger partial charge < -0.3 is 0 Å². The third-order valence-corrected chi connectivity index (χ3v) is 5.26. The van der Waals surface area contributed by atoms with E-state index in [2.05, 4.69) is 15.1 Å². The Kier molecular flexibility index (Phi) is 5.45. The SMILES string of the molecule is CCn1c(-c2cc(C(F)(F)F)nn2-c2ncccc2Cl)nc2c(Cl)cc(Cl)cc2c1=O. The predicted molar refractivity (Wildman–Crippen MR) is 112 cm³/mol. The lowest BCUT2D eigenvalue weighted by Gasteiger charge is -2.14. The molecule has 0 amide bonds. The average molecular weight is 489 g/mol. The van der Waals surface area contributed by atoms with Gasteiger partial charge in [-0.15, -0.1) is 0 Å². The van der Waals surface area contributed by atoms with Crippen LogP contribution in [0, 0.1) is 0 Å². The Morgan fingerprint density at radius 2 is 1.84 bits per heavy atom. The average Bonchev–Trinajstić information content (AvgIpc) is 3.14. The number of pyridine rings is 1. The van der Waals surface area contributed by atoms with E-state index in [0.29, 0.717) is 0 Å². The first-order valence-electron chi connectivity index (χ1n) is 8.80. The normalized spacial score (nSPS) is 12.0. The molecule has 4 aromatic rings. The highest BCUT2D eigenvalue weighted by molar-refractivity contribution is 6.38. The van der Waals surface area contributed by atoms with Crippen molar-refractivity contribution in [2.75, 3.05) is 0 Å². The van der Waals surface area contributed by atoms with Gasteiger partial charge in [-0.25, -0.2) is 14.6 Å². The Labute approximate surface area is 187 Å². The van der Waals surface area contributed by atoms with E-state index in [9.17, 15) is 18.0 Å². The second-order valence-corrected chi connectivity index (χ2v) is 7.65. The molecule has 1 aromatic carbocycles. The van der Waals surface area contributed by atoms with Crippen molar-refractivity contribution in [3.63, 3.8) is 0 Å². The zero-order valence-corrected chi connectivity index (χ0v) is 17.9. The summed E-state index contributed by atoms with van der Waals surface area (Å²) in [7, 11) is 0. The van der Waals surface area contributed by atoms with Crippen LogP contribution < -0.4 is 5.56 Å². The van der Waals surface area contributed by atoms with Crippen LogP contribution in [0.2, 0.25) is 15.1 Å². The lowest BCUT2D eigenvalue weighted by atomic mass is 10.2. The number of benzene rings is 1. The molecule has 3 aromatic heterocycles. The summed E-state index contributed by atoms with van der Waals surface area (Å²) in [4.78, 5) is 21.5. The van der Waals surface area contributed by atoms with Crippen molar-refractivity contribution in [1.82, 2.24) is 24.3 Å². The topological polar surface area (TPSA) is 65.6 Å². The number of nitrogens with zero attached hydrogens (tertiary/aromatic N) is 5. The Hall–Kier alpha value is -2.62. The molecule has 0 spiro atoms. The predicted octanol–water partition coefficient (Wildman–Crippen LogP) is 5.64. The molecular weight excluding hydrogens is 478 g/mol. The number of hydrogen-bond donors (Lipinski definition) is 0. The van der Waals surface area contributed by atoms with Gasteiger partial charge in [-0.2, -0.15) is 18.3 Å². The highest BCUT2D eigenvalue weighted by atomic mass is 35.5. The number of hydrogen-bond acceptors (Lipinski definition) is 4. The molecule has 0 unspecified atom stereocenters. The summed E-state index contributed by atoms with van der Waals surface area (Å²) in [5, 5.41) is 4.17. The quantitative estimate of drug-likeness (QED) is 0.374. The van der Waals surface area contributed by atoms with Crippen molar-refractivity contribution >= 4 is 45.7 Å². The van der Waals surface area contributed by atoms with E-state index in [0.717, 1.165) is 10.7 Å². The minimum atomic E-state index is -4.75. The lowest BCUT2D eigenvalue weighted by Crippen LogP contribution is -2.23. The van der Waals surface area contributed by atoms with Crippen molar-refractivity contribution in [1.29, 1.82) is 0 Å². The van der Waals surface area contributed by atoms with Gasteiger partial charge in [0.2, 0.25) is 0 Å². The Bertz CT molecular complexity index is 1380. The monoisotopic (exact) mass is 487 g/mol. The molecule has 0 radical (unpaired) electrons. The van der Waals surface area contributed by atoms with E-state index >= 15 is 0 Å². The van der Waals surface area contributed by atoms with E-state index in [1.54, 1.807) is 6.92 Å². The molecule has 0 aliphatic rings. The van der Waals surface area contributed by atoms with Gasteiger partial charge in [0.25, 0.3) is 5.56 Å². The van der Waals surface area contributed by atoms with Crippen LogP contribution in [-0.4, -0.2) is 24.3 Å². The molecule has 4 rings (SSSR count). The zero-order chi connectivity index (χ0) is 22.5. The van der Waals surface area contributed by atoms with Gasteiger partial charge >= 0.3 is 6.18 Å². The number of aromatic nitrogens is 5. The van der Waals surface area contributed by atoms with Crippen LogP contribution in [0.1, 0.15) is 12.6 Å². The maximum atomic E-state index is 13.5. The van der Waals surface area contributed by atoms with Crippen molar-refractivity contribution in [2.45, 2.75) is 19.6 Å². The minimum Gasteiger partial charge on any atom is -0.291 e. The summed E-state index contributed by atoms with van der Waals surface area (Å²) < 4.78 is 42.6. The van der Waals surface area contributed by atoms with Crippen molar-refractivity contribution in [3.05, 3.63) is 67.6 Å². The van der Waals surface area contributed by atoms with Gasteiger partial charge in [0, 0.05) is 23.8 Å². The van der Waals surface area contributed by atoms with Gasteiger partial charge in [-0.1, -0.05) is 34.8 Å². The Morgan fingerprint density at radius 1 is 1.10 bits per heavy atom. The van der Waals surface area contributed by atoms with Crippen LogP contribution >= 0.6 is 34.8 Å². The van der Waals surface area contributed by atoms with Crippen LogP contribution in [0.3, 0.4) is 0 Å². The summed E-state index contributed by atoms with van der Waals surface area (Å²) in [6, 6.07) is 6.57.